The van der Waals surface area contributed by atoms with Gasteiger partial charge in [0.1, 0.15) is 0 Å². The first-order valence-electron chi connectivity index (χ1n) is 12.9. The number of hydrogen-bond acceptors (Lipinski definition) is 4. The number of amides is 2. The highest BCUT2D eigenvalue weighted by Crippen LogP contribution is 2.47. The number of likely N-dealkylation sites (tertiary alicyclic amines) is 2. The van der Waals surface area contributed by atoms with E-state index >= 15 is 0 Å². The molecule has 3 heterocycles. The quantitative estimate of drug-likeness (QED) is 0.630. The van der Waals surface area contributed by atoms with Gasteiger partial charge in [-0.05, 0) is 84.0 Å². The van der Waals surface area contributed by atoms with E-state index in [1.807, 2.05) is 29.7 Å². The van der Waals surface area contributed by atoms with Gasteiger partial charge in [-0.25, -0.2) is 4.79 Å². The van der Waals surface area contributed by atoms with Crippen molar-refractivity contribution in [1.29, 1.82) is 0 Å². The summed E-state index contributed by atoms with van der Waals surface area (Å²) < 4.78 is 5.56. The zero-order valence-corrected chi connectivity index (χ0v) is 21.0. The Morgan fingerprint density at radius 2 is 1.85 bits per heavy atom. The molecule has 0 aromatic heterocycles. The maximum atomic E-state index is 12.8. The fraction of sp³-hybridized carbons (Fsp3) is 0.704. The molecule has 6 nitrogen and oxygen atoms in total. The van der Waals surface area contributed by atoms with Crippen molar-refractivity contribution in [3.8, 4) is 0 Å². The van der Waals surface area contributed by atoms with Gasteiger partial charge in [0.05, 0.1) is 6.10 Å². The molecule has 0 saturated carbocycles. The number of hydrogen-bond donors (Lipinski definition) is 0. The standard InChI is InChI=1S/C27H41N3O3/c1-6-22(17-23-12-11-20(4)30(23)26(32)33-19(2)3)28-15-13-27(14-16-28)18-29(21(5)31)25-10-8-7-9-24(25)27/h7-10,19-20,22-23H,6,11-18H2,1-5H3. The summed E-state index contributed by atoms with van der Waals surface area (Å²) in [6.07, 6.45) is 6.11. The number of anilines is 1. The number of nitrogens with zero attached hydrogens (tertiary/aromatic N) is 3. The minimum Gasteiger partial charge on any atom is -0.447 e. The average molecular weight is 456 g/mol. The van der Waals surface area contributed by atoms with Crippen LogP contribution >= 0.6 is 0 Å². The van der Waals surface area contributed by atoms with Crippen molar-refractivity contribution in [2.24, 2.45) is 0 Å². The highest BCUT2D eigenvalue weighted by molar-refractivity contribution is 5.94. The molecule has 3 unspecified atom stereocenters. The van der Waals surface area contributed by atoms with Crippen LogP contribution in [0.1, 0.15) is 78.7 Å². The van der Waals surface area contributed by atoms with Crippen LogP contribution in [0.25, 0.3) is 0 Å². The van der Waals surface area contributed by atoms with E-state index in [0.29, 0.717) is 6.04 Å². The maximum Gasteiger partial charge on any atom is 0.410 e. The van der Waals surface area contributed by atoms with E-state index in [4.69, 9.17) is 4.74 Å². The molecule has 33 heavy (non-hydrogen) atoms. The molecule has 0 aliphatic carbocycles. The van der Waals surface area contributed by atoms with E-state index in [-0.39, 0.29) is 35.6 Å². The molecule has 182 valence electrons. The normalized spacial score (nSPS) is 25.5. The zero-order valence-electron chi connectivity index (χ0n) is 21.0. The third-order valence-electron chi connectivity index (χ3n) is 8.23. The molecule has 4 rings (SSSR count). The van der Waals surface area contributed by atoms with E-state index in [2.05, 4.69) is 36.9 Å². The zero-order chi connectivity index (χ0) is 23.8. The van der Waals surface area contributed by atoms with Gasteiger partial charge < -0.3 is 19.4 Å². The molecule has 0 radical (unpaired) electrons. The van der Waals surface area contributed by atoms with E-state index in [1.165, 1.54) is 5.56 Å². The number of rotatable bonds is 5. The number of ether oxygens (including phenoxy) is 1. The number of piperidine rings is 1. The van der Waals surface area contributed by atoms with Crippen molar-refractivity contribution in [2.45, 2.75) is 103 Å². The second-order valence-electron chi connectivity index (χ2n) is 10.7. The second-order valence-corrected chi connectivity index (χ2v) is 10.7. The summed E-state index contributed by atoms with van der Waals surface area (Å²) in [6, 6.07) is 9.44. The number of carbonyl (C=O) groups excluding carboxylic acids is 2. The lowest BCUT2D eigenvalue weighted by molar-refractivity contribution is -0.116. The van der Waals surface area contributed by atoms with E-state index in [1.54, 1.807) is 6.92 Å². The summed E-state index contributed by atoms with van der Waals surface area (Å²) in [4.78, 5) is 31.7. The molecule has 3 aliphatic heterocycles. The molecule has 3 aliphatic rings. The van der Waals surface area contributed by atoms with Gasteiger partial charge in [0.2, 0.25) is 5.91 Å². The summed E-state index contributed by atoms with van der Waals surface area (Å²) in [5.74, 6) is 0.136. The summed E-state index contributed by atoms with van der Waals surface area (Å²) in [6.45, 7) is 12.8. The van der Waals surface area contributed by atoms with Crippen LogP contribution in [0.5, 0.6) is 0 Å². The molecule has 1 aromatic carbocycles. The van der Waals surface area contributed by atoms with Crippen LogP contribution in [-0.4, -0.2) is 65.7 Å². The third-order valence-corrected chi connectivity index (χ3v) is 8.23. The Hall–Kier alpha value is -2.08. The van der Waals surface area contributed by atoms with Crippen molar-refractivity contribution in [2.75, 3.05) is 24.5 Å². The molecule has 1 spiro atoms. The molecular weight excluding hydrogens is 414 g/mol. The molecule has 1 aromatic rings. The fourth-order valence-corrected chi connectivity index (χ4v) is 6.44. The number of fused-ring (bicyclic) bond motifs is 2. The highest BCUT2D eigenvalue weighted by Gasteiger charge is 2.46. The van der Waals surface area contributed by atoms with Crippen LogP contribution in [-0.2, 0) is 14.9 Å². The second kappa shape index (κ2) is 9.65. The van der Waals surface area contributed by atoms with Crippen LogP contribution in [0.4, 0.5) is 10.5 Å². The lowest BCUT2D eigenvalue weighted by Crippen LogP contribution is -2.51. The summed E-state index contributed by atoms with van der Waals surface area (Å²) in [5.41, 5.74) is 2.52. The van der Waals surface area contributed by atoms with Crippen LogP contribution in [0.2, 0.25) is 0 Å². The number of benzene rings is 1. The molecule has 6 heteroatoms. The van der Waals surface area contributed by atoms with Gasteiger partial charge in [-0.2, -0.15) is 0 Å². The minimum atomic E-state index is -0.153. The Bertz CT molecular complexity index is 862. The fourth-order valence-electron chi connectivity index (χ4n) is 6.44. The van der Waals surface area contributed by atoms with Gasteiger partial charge in [0.15, 0.2) is 0 Å². The largest absolute Gasteiger partial charge is 0.447 e. The Kier molecular flexibility index (Phi) is 7.04. The Morgan fingerprint density at radius 1 is 1.15 bits per heavy atom. The van der Waals surface area contributed by atoms with Gasteiger partial charge in [-0.1, -0.05) is 25.1 Å². The molecule has 2 fully saturated rings. The van der Waals surface area contributed by atoms with Crippen LogP contribution < -0.4 is 4.90 Å². The highest BCUT2D eigenvalue weighted by atomic mass is 16.6. The molecule has 3 atom stereocenters. The van der Waals surface area contributed by atoms with Crippen molar-refractivity contribution in [3.63, 3.8) is 0 Å². The Morgan fingerprint density at radius 3 is 2.48 bits per heavy atom. The lowest BCUT2D eigenvalue weighted by atomic mass is 9.74. The van der Waals surface area contributed by atoms with Crippen molar-refractivity contribution in [1.82, 2.24) is 9.80 Å². The summed E-state index contributed by atoms with van der Waals surface area (Å²) in [5, 5.41) is 0. The van der Waals surface area contributed by atoms with Crippen LogP contribution in [0.3, 0.4) is 0 Å². The smallest absolute Gasteiger partial charge is 0.410 e. The van der Waals surface area contributed by atoms with Crippen molar-refractivity contribution < 1.29 is 14.3 Å². The van der Waals surface area contributed by atoms with Crippen LogP contribution in [0.15, 0.2) is 24.3 Å². The van der Waals surface area contributed by atoms with Gasteiger partial charge in [0, 0.05) is 42.7 Å². The first kappa shape index (κ1) is 24.1. The van der Waals surface area contributed by atoms with Gasteiger partial charge in [-0.3, -0.25) is 4.79 Å². The predicted molar refractivity (Wildman–Crippen MR) is 132 cm³/mol. The molecular formula is C27H41N3O3. The number of para-hydroxylation sites is 1. The Balaban J connectivity index is 1.43. The Labute approximate surface area is 199 Å². The SMILES string of the molecule is CCC(CC1CCC(C)N1C(=O)OC(C)C)N1CCC2(CC1)CN(C(C)=O)c1ccccc12. The van der Waals surface area contributed by atoms with Crippen molar-refractivity contribution >= 4 is 17.7 Å². The van der Waals surface area contributed by atoms with E-state index in [0.717, 1.165) is 63.8 Å². The third kappa shape index (κ3) is 4.64. The maximum absolute atomic E-state index is 12.8. The first-order valence-corrected chi connectivity index (χ1v) is 12.9. The summed E-state index contributed by atoms with van der Waals surface area (Å²) >= 11 is 0. The van der Waals surface area contributed by atoms with E-state index in [9.17, 15) is 9.59 Å². The van der Waals surface area contributed by atoms with E-state index < -0.39 is 0 Å². The average Bonchev–Trinajstić information content (AvgIpc) is 3.31. The molecule has 2 amide bonds. The monoisotopic (exact) mass is 455 g/mol. The van der Waals surface area contributed by atoms with Gasteiger partial charge >= 0.3 is 6.09 Å². The topological polar surface area (TPSA) is 53.1 Å². The molecule has 2 saturated heterocycles. The number of carbonyl (C=O) groups is 2. The molecule has 0 N–H and O–H groups in total. The predicted octanol–water partition coefficient (Wildman–Crippen LogP) is 4.95. The lowest BCUT2D eigenvalue weighted by Gasteiger charge is -2.44. The van der Waals surface area contributed by atoms with Gasteiger partial charge in [-0.15, -0.1) is 0 Å². The van der Waals surface area contributed by atoms with Gasteiger partial charge in [0.25, 0.3) is 0 Å². The minimum absolute atomic E-state index is 0.0754. The summed E-state index contributed by atoms with van der Waals surface area (Å²) in [7, 11) is 0. The first-order chi connectivity index (χ1) is 15.8. The molecule has 0 bridgehead atoms. The van der Waals surface area contributed by atoms with Crippen LogP contribution in [0, 0.1) is 0 Å². The van der Waals surface area contributed by atoms with Crippen molar-refractivity contribution in [3.05, 3.63) is 29.8 Å².